The van der Waals surface area contributed by atoms with E-state index in [-0.39, 0.29) is 36.7 Å². The molecule has 0 radical (unpaired) electrons. The van der Waals surface area contributed by atoms with Crippen molar-refractivity contribution < 1.29 is 14.4 Å². The van der Waals surface area contributed by atoms with Gasteiger partial charge in [-0.05, 0) is 37.0 Å². The van der Waals surface area contributed by atoms with Crippen molar-refractivity contribution in [2.24, 2.45) is 7.05 Å². The van der Waals surface area contributed by atoms with Crippen LogP contribution in [0.4, 0.5) is 0 Å². The highest BCUT2D eigenvalue weighted by Crippen LogP contribution is 2.25. The fourth-order valence-electron chi connectivity index (χ4n) is 3.64. The summed E-state index contributed by atoms with van der Waals surface area (Å²) in [6.07, 6.45) is 4.68. The topological polar surface area (TPSA) is 83.4 Å². The van der Waals surface area contributed by atoms with Crippen LogP contribution in [-0.2, 0) is 16.6 Å². The fourth-order valence-corrected chi connectivity index (χ4v) is 3.64. The Kier molecular flexibility index (Phi) is 7.05. The summed E-state index contributed by atoms with van der Waals surface area (Å²) >= 11 is 0. The van der Waals surface area contributed by atoms with Gasteiger partial charge in [0.25, 0.3) is 5.91 Å². The highest BCUT2D eigenvalue weighted by Gasteiger charge is 2.28. The van der Waals surface area contributed by atoms with Crippen molar-refractivity contribution in [2.45, 2.75) is 31.7 Å². The van der Waals surface area contributed by atoms with Crippen LogP contribution >= 0.6 is 0 Å². The Morgan fingerprint density at radius 3 is 2.62 bits per heavy atom. The third-order valence-electron chi connectivity index (χ3n) is 5.23. The molecule has 1 saturated heterocycles. The van der Waals surface area contributed by atoms with E-state index in [2.05, 4.69) is 10.6 Å². The Hall–Kier alpha value is -3.09. The molecule has 0 aliphatic carbocycles. The van der Waals surface area contributed by atoms with E-state index < -0.39 is 0 Å². The number of carbonyl (C=O) groups is 3. The highest BCUT2D eigenvalue weighted by molar-refractivity contribution is 5.95. The zero-order chi connectivity index (χ0) is 20.6. The van der Waals surface area contributed by atoms with Crippen LogP contribution in [-0.4, -0.2) is 46.8 Å². The van der Waals surface area contributed by atoms with Crippen molar-refractivity contribution >= 4 is 17.7 Å². The minimum Gasteiger partial charge on any atom is -0.356 e. The van der Waals surface area contributed by atoms with Crippen LogP contribution in [0.2, 0.25) is 0 Å². The molecular weight excluding hydrogens is 368 g/mol. The lowest BCUT2D eigenvalue weighted by Gasteiger charge is -2.33. The SMILES string of the molecule is Cn1cccc1C(=O)NCC(=O)N1CCCCCNC(=O)CC1c1ccccc1. The van der Waals surface area contributed by atoms with Crippen LogP contribution in [0.15, 0.2) is 48.7 Å². The molecule has 154 valence electrons. The number of hydrogen-bond donors (Lipinski definition) is 2. The van der Waals surface area contributed by atoms with E-state index in [9.17, 15) is 14.4 Å². The van der Waals surface area contributed by atoms with E-state index in [1.807, 2.05) is 30.3 Å². The minimum absolute atomic E-state index is 0.0635. The number of hydrogen-bond acceptors (Lipinski definition) is 3. The van der Waals surface area contributed by atoms with Crippen molar-refractivity contribution in [3.63, 3.8) is 0 Å². The van der Waals surface area contributed by atoms with E-state index in [1.165, 1.54) is 0 Å². The van der Waals surface area contributed by atoms with Gasteiger partial charge in [0.1, 0.15) is 5.69 Å². The maximum atomic E-state index is 13.1. The monoisotopic (exact) mass is 396 g/mol. The quantitative estimate of drug-likeness (QED) is 0.829. The van der Waals surface area contributed by atoms with Gasteiger partial charge in [-0.2, -0.15) is 0 Å². The molecule has 1 aliphatic rings. The Morgan fingerprint density at radius 1 is 1.10 bits per heavy atom. The van der Waals surface area contributed by atoms with Gasteiger partial charge in [0, 0.05) is 26.3 Å². The first kappa shape index (κ1) is 20.6. The first-order chi connectivity index (χ1) is 14.1. The fraction of sp³-hybridized carbons (Fsp3) is 0.409. The molecule has 1 aromatic heterocycles. The van der Waals surface area contributed by atoms with Gasteiger partial charge in [-0.25, -0.2) is 0 Å². The zero-order valence-electron chi connectivity index (χ0n) is 16.8. The standard InChI is InChI=1S/C22H28N4O3/c1-25-13-8-11-18(25)22(29)24-16-21(28)26-14-7-3-6-12-23-20(27)15-19(26)17-9-4-2-5-10-17/h2,4-5,8-11,13,19H,3,6-7,12,14-16H2,1H3,(H,23,27)(H,24,29). The van der Waals surface area contributed by atoms with Crippen molar-refractivity contribution in [2.75, 3.05) is 19.6 Å². The van der Waals surface area contributed by atoms with Crippen LogP contribution in [0.5, 0.6) is 0 Å². The summed E-state index contributed by atoms with van der Waals surface area (Å²) in [7, 11) is 1.78. The molecule has 7 nitrogen and oxygen atoms in total. The zero-order valence-corrected chi connectivity index (χ0v) is 16.8. The Morgan fingerprint density at radius 2 is 1.90 bits per heavy atom. The molecule has 3 amide bonds. The second-order valence-electron chi connectivity index (χ2n) is 7.32. The van der Waals surface area contributed by atoms with E-state index in [0.717, 1.165) is 24.8 Å². The second-order valence-corrected chi connectivity index (χ2v) is 7.32. The lowest BCUT2D eigenvalue weighted by Crippen LogP contribution is -2.44. The van der Waals surface area contributed by atoms with Crippen LogP contribution < -0.4 is 10.6 Å². The van der Waals surface area contributed by atoms with Crippen molar-refractivity contribution in [3.8, 4) is 0 Å². The minimum atomic E-state index is -0.353. The first-order valence-corrected chi connectivity index (χ1v) is 10.1. The Bertz CT molecular complexity index is 847. The number of aryl methyl sites for hydroxylation is 1. The number of rotatable bonds is 4. The maximum Gasteiger partial charge on any atom is 0.268 e. The highest BCUT2D eigenvalue weighted by atomic mass is 16.2. The molecule has 1 unspecified atom stereocenters. The van der Waals surface area contributed by atoms with E-state index >= 15 is 0 Å². The summed E-state index contributed by atoms with van der Waals surface area (Å²) in [5, 5.41) is 5.66. The number of nitrogens with one attached hydrogen (secondary N) is 2. The summed E-state index contributed by atoms with van der Waals surface area (Å²) in [5.74, 6) is -0.540. The lowest BCUT2D eigenvalue weighted by molar-refractivity contribution is -0.134. The van der Waals surface area contributed by atoms with Gasteiger partial charge in [0.05, 0.1) is 19.0 Å². The van der Waals surface area contributed by atoms with Gasteiger partial charge in [0.15, 0.2) is 0 Å². The molecule has 1 fully saturated rings. The predicted molar refractivity (Wildman–Crippen MR) is 110 cm³/mol. The molecule has 0 saturated carbocycles. The van der Waals surface area contributed by atoms with Gasteiger partial charge in [-0.1, -0.05) is 30.3 Å². The average molecular weight is 396 g/mol. The third kappa shape index (κ3) is 5.47. The molecule has 0 bridgehead atoms. The van der Waals surface area contributed by atoms with Gasteiger partial charge < -0.3 is 20.1 Å². The summed E-state index contributed by atoms with van der Waals surface area (Å²) < 4.78 is 1.71. The smallest absolute Gasteiger partial charge is 0.268 e. The average Bonchev–Trinajstić information content (AvgIpc) is 3.16. The molecule has 1 aliphatic heterocycles. The van der Waals surface area contributed by atoms with Crippen LogP contribution in [0.25, 0.3) is 0 Å². The van der Waals surface area contributed by atoms with Gasteiger partial charge in [-0.3, -0.25) is 14.4 Å². The normalized spacial score (nSPS) is 18.0. The molecule has 7 heteroatoms. The van der Waals surface area contributed by atoms with Gasteiger partial charge in [-0.15, -0.1) is 0 Å². The predicted octanol–water partition coefficient (Wildman–Crippen LogP) is 2.01. The Balaban J connectivity index is 1.76. The molecule has 0 spiro atoms. The molecule has 29 heavy (non-hydrogen) atoms. The van der Waals surface area contributed by atoms with E-state index in [0.29, 0.717) is 18.8 Å². The third-order valence-corrected chi connectivity index (χ3v) is 5.23. The summed E-state index contributed by atoms with van der Waals surface area (Å²) in [4.78, 5) is 39.6. The lowest BCUT2D eigenvalue weighted by atomic mass is 10.00. The molecule has 2 N–H and O–H groups in total. The molecule has 2 aromatic rings. The number of benzene rings is 1. The number of nitrogens with zero attached hydrogens (tertiary/aromatic N) is 2. The summed E-state index contributed by atoms with van der Waals surface area (Å²) in [6.45, 7) is 1.13. The molecule has 3 rings (SSSR count). The second kappa shape index (κ2) is 9.91. The largest absolute Gasteiger partial charge is 0.356 e. The van der Waals surface area contributed by atoms with Gasteiger partial charge >= 0.3 is 0 Å². The summed E-state index contributed by atoms with van der Waals surface area (Å²) in [5.41, 5.74) is 1.42. The van der Waals surface area contributed by atoms with Crippen molar-refractivity contribution in [1.29, 1.82) is 0 Å². The number of amides is 3. The first-order valence-electron chi connectivity index (χ1n) is 10.1. The van der Waals surface area contributed by atoms with Crippen molar-refractivity contribution in [3.05, 3.63) is 59.9 Å². The van der Waals surface area contributed by atoms with Crippen molar-refractivity contribution in [1.82, 2.24) is 20.1 Å². The van der Waals surface area contributed by atoms with Crippen LogP contribution in [0.1, 0.15) is 47.8 Å². The molecule has 1 atom stereocenters. The summed E-state index contributed by atoms with van der Waals surface area (Å²) in [6, 6.07) is 12.7. The molecule has 1 aromatic carbocycles. The number of aromatic nitrogens is 1. The van der Waals surface area contributed by atoms with Crippen LogP contribution in [0, 0.1) is 0 Å². The molecular formula is C22H28N4O3. The van der Waals surface area contributed by atoms with E-state index in [1.54, 1.807) is 34.8 Å². The Labute approximate surface area is 171 Å². The van der Waals surface area contributed by atoms with E-state index in [4.69, 9.17) is 0 Å². The molecule has 2 heterocycles. The van der Waals surface area contributed by atoms with Gasteiger partial charge in [0.2, 0.25) is 11.8 Å². The van der Waals surface area contributed by atoms with Crippen LogP contribution in [0.3, 0.4) is 0 Å². The number of carbonyl (C=O) groups excluding carboxylic acids is 3. The maximum absolute atomic E-state index is 13.1.